The van der Waals surface area contributed by atoms with Gasteiger partial charge in [-0.2, -0.15) is 4.98 Å². The van der Waals surface area contributed by atoms with Gasteiger partial charge in [-0.1, -0.05) is 25.4 Å². The first-order valence-corrected chi connectivity index (χ1v) is 8.22. The van der Waals surface area contributed by atoms with E-state index in [2.05, 4.69) is 28.9 Å². The highest BCUT2D eigenvalue weighted by molar-refractivity contribution is 7.99. The van der Waals surface area contributed by atoms with Crippen LogP contribution in [-0.2, 0) is 0 Å². The van der Waals surface area contributed by atoms with Crippen molar-refractivity contribution >= 4 is 11.8 Å². The molecule has 0 radical (unpaired) electrons. The molecule has 1 aliphatic heterocycles. The minimum absolute atomic E-state index is 0.161. The Morgan fingerprint density at radius 1 is 1.42 bits per heavy atom. The van der Waals surface area contributed by atoms with Crippen molar-refractivity contribution in [2.45, 2.75) is 44.4 Å². The predicted molar refractivity (Wildman–Crippen MR) is 78.1 cm³/mol. The number of nitrogens with zero attached hydrogens (tertiary/aromatic N) is 3. The van der Waals surface area contributed by atoms with Crippen molar-refractivity contribution in [2.24, 2.45) is 5.73 Å². The third-order valence-corrected chi connectivity index (χ3v) is 4.96. The highest BCUT2D eigenvalue weighted by atomic mass is 32.2. The Labute approximate surface area is 119 Å². The minimum Gasteiger partial charge on any atom is -0.338 e. The van der Waals surface area contributed by atoms with Crippen LogP contribution >= 0.6 is 11.8 Å². The Morgan fingerprint density at radius 2 is 2.21 bits per heavy atom. The highest BCUT2D eigenvalue weighted by Crippen LogP contribution is 2.37. The molecular formula is C13H24N4OS. The van der Waals surface area contributed by atoms with E-state index in [0.29, 0.717) is 11.1 Å². The van der Waals surface area contributed by atoms with E-state index in [1.54, 1.807) is 0 Å². The fourth-order valence-electron chi connectivity index (χ4n) is 2.31. The van der Waals surface area contributed by atoms with Crippen molar-refractivity contribution in [2.75, 3.05) is 25.4 Å². The molecular weight excluding hydrogens is 260 g/mol. The third-order valence-electron chi connectivity index (χ3n) is 3.59. The van der Waals surface area contributed by atoms with Gasteiger partial charge in [-0.15, -0.1) is 11.8 Å². The largest absolute Gasteiger partial charge is 0.338 e. The molecule has 0 aromatic carbocycles. The lowest BCUT2D eigenvalue weighted by molar-refractivity contribution is 0.277. The van der Waals surface area contributed by atoms with Crippen LogP contribution in [0.3, 0.4) is 0 Å². The molecule has 0 amide bonds. The van der Waals surface area contributed by atoms with Crippen molar-refractivity contribution in [3.05, 3.63) is 11.7 Å². The number of nitrogens with two attached hydrogens (primary N) is 1. The Bertz CT molecular complexity index is 374. The maximum atomic E-state index is 6.16. The molecule has 0 spiro atoms. The van der Waals surface area contributed by atoms with Gasteiger partial charge in [0.25, 0.3) is 0 Å². The zero-order valence-electron chi connectivity index (χ0n) is 11.8. The molecule has 1 aromatic heterocycles. The quantitative estimate of drug-likeness (QED) is 0.865. The summed E-state index contributed by atoms with van der Waals surface area (Å²) in [7, 11) is 0. The lowest BCUT2D eigenvalue weighted by Crippen LogP contribution is -2.32. The standard InChI is InChI=1S/C13H24N4OS/c1-3-17(4-2)9-10(14)12-15-13(18-16-12)11-7-5-6-8-19-11/h10-11H,3-9,14H2,1-2H3. The normalized spacial score (nSPS) is 21.8. The van der Waals surface area contributed by atoms with Gasteiger partial charge in [0, 0.05) is 6.54 Å². The SMILES string of the molecule is CCN(CC)CC(N)c1noc(C2CCCCS2)n1. The van der Waals surface area contributed by atoms with Crippen LogP contribution in [0.1, 0.15) is 56.1 Å². The summed E-state index contributed by atoms with van der Waals surface area (Å²) in [6, 6.07) is -0.161. The first-order chi connectivity index (χ1) is 9.24. The van der Waals surface area contributed by atoms with E-state index < -0.39 is 0 Å². The van der Waals surface area contributed by atoms with Gasteiger partial charge in [0.15, 0.2) is 5.82 Å². The second kappa shape index (κ2) is 7.26. The Balaban J connectivity index is 1.95. The van der Waals surface area contributed by atoms with Gasteiger partial charge in [0.1, 0.15) is 0 Å². The molecule has 1 saturated heterocycles. The molecule has 1 aliphatic rings. The summed E-state index contributed by atoms with van der Waals surface area (Å²) in [5, 5.41) is 4.43. The smallest absolute Gasteiger partial charge is 0.239 e. The van der Waals surface area contributed by atoms with E-state index in [4.69, 9.17) is 10.3 Å². The van der Waals surface area contributed by atoms with Crippen molar-refractivity contribution in [3.63, 3.8) is 0 Å². The topological polar surface area (TPSA) is 68.2 Å². The predicted octanol–water partition coefficient (Wildman–Crippen LogP) is 2.37. The van der Waals surface area contributed by atoms with Gasteiger partial charge in [-0.25, -0.2) is 0 Å². The summed E-state index contributed by atoms with van der Waals surface area (Å²) in [5.74, 6) is 2.59. The van der Waals surface area contributed by atoms with Crippen LogP contribution in [0.25, 0.3) is 0 Å². The minimum atomic E-state index is -0.161. The van der Waals surface area contributed by atoms with E-state index in [1.165, 1.54) is 18.6 Å². The Hall–Kier alpha value is -0.590. The lowest BCUT2D eigenvalue weighted by atomic mass is 10.2. The number of rotatable bonds is 6. The lowest BCUT2D eigenvalue weighted by Gasteiger charge is -2.20. The van der Waals surface area contributed by atoms with Gasteiger partial charge < -0.3 is 15.2 Å². The van der Waals surface area contributed by atoms with Crippen LogP contribution in [0.2, 0.25) is 0 Å². The van der Waals surface area contributed by atoms with E-state index in [0.717, 1.165) is 31.9 Å². The van der Waals surface area contributed by atoms with Gasteiger partial charge in [-0.05, 0) is 31.7 Å². The van der Waals surface area contributed by atoms with Gasteiger partial charge in [0.05, 0.1) is 11.3 Å². The first-order valence-electron chi connectivity index (χ1n) is 7.17. The number of hydrogen-bond donors (Lipinski definition) is 1. The van der Waals surface area contributed by atoms with Crippen molar-refractivity contribution in [1.29, 1.82) is 0 Å². The van der Waals surface area contributed by atoms with Gasteiger partial charge >= 0.3 is 0 Å². The van der Waals surface area contributed by atoms with E-state index in [-0.39, 0.29) is 6.04 Å². The van der Waals surface area contributed by atoms with Crippen LogP contribution in [0.4, 0.5) is 0 Å². The van der Waals surface area contributed by atoms with Gasteiger partial charge in [0.2, 0.25) is 5.89 Å². The average molecular weight is 284 g/mol. The second-order valence-corrected chi connectivity index (χ2v) is 6.25. The molecule has 1 fully saturated rings. The van der Waals surface area contributed by atoms with Crippen LogP contribution < -0.4 is 5.73 Å². The third kappa shape index (κ3) is 3.94. The number of aromatic nitrogens is 2. The first kappa shape index (κ1) is 14.8. The maximum absolute atomic E-state index is 6.16. The van der Waals surface area contributed by atoms with Crippen LogP contribution in [0.5, 0.6) is 0 Å². The van der Waals surface area contributed by atoms with Crippen LogP contribution in [-0.4, -0.2) is 40.4 Å². The number of likely N-dealkylation sites (N-methyl/N-ethyl adjacent to an activating group) is 1. The van der Waals surface area contributed by atoms with Gasteiger partial charge in [-0.3, -0.25) is 0 Å². The molecule has 0 saturated carbocycles. The molecule has 2 unspecified atom stereocenters. The second-order valence-electron chi connectivity index (χ2n) is 4.94. The molecule has 0 bridgehead atoms. The maximum Gasteiger partial charge on any atom is 0.239 e. The van der Waals surface area contributed by atoms with Crippen molar-refractivity contribution in [1.82, 2.24) is 15.0 Å². The monoisotopic (exact) mass is 284 g/mol. The molecule has 2 N–H and O–H groups in total. The molecule has 2 heterocycles. The van der Waals surface area contributed by atoms with Crippen LogP contribution in [0.15, 0.2) is 4.52 Å². The zero-order chi connectivity index (χ0) is 13.7. The fraction of sp³-hybridized carbons (Fsp3) is 0.846. The molecule has 5 nitrogen and oxygen atoms in total. The number of hydrogen-bond acceptors (Lipinski definition) is 6. The van der Waals surface area contributed by atoms with Crippen molar-refractivity contribution < 1.29 is 4.52 Å². The molecule has 2 atom stereocenters. The molecule has 19 heavy (non-hydrogen) atoms. The molecule has 1 aromatic rings. The molecule has 108 valence electrons. The van der Waals surface area contributed by atoms with E-state index in [1.807, 2.05) is 11.8 Å². The Kier molecular flexibility index (Phi) is 5.66. The summed E-state index contributed by atoms with van der Waals surface area (Å²) in [5.41, 5.74) is 6.16. The summed E-state index contributed by atoms with van der Waals surface area (Å²) < 4.78 is 5.39. The van der Waals surface area contributed by atoms with Crippen molar-refractivity contribution in [3.8, 4) is 0 Å². The van der Waals surface area contributed by atoms with E-state index in [9.17, 15) is 0 Å². The average Bonchev–Trinajstić information content (AvgIpc) is 2.95. The number of thioether (sulfide) groups is 1. The summed E-state index contributed by atoms with van der Waals surface area (Å²) in [6.45, 7) is 7.04. The summed E-state index contributed by atoms with van der Waals surface area (Å²) in [4.78, 5) is 6.78. The summed E-state index contributed by atoms with van der Waals surface area (Å²) in [6.07, 6.45) is 3.68. The molecule has 2 rings (SSSR count). The van der Waals surface area contributed by atoms with Crippen LogP contribution in [0, 0.1) is 0 Å². The zero-order valence-corrected chi connectivity index (χ0v) is 12.7. The molecule has 6 heteroatoms. The Morgan fingerprint density at radius 3 is 2.84 bits per heavy atom. The highest BCUT2D eigenvalue weighted by Gasteiger charge is 2.24. The summed E-state index contributed by atoms with van der Waals surface area (Å²) >= 11 is 1.92. The fourth-order valence-corrected chi connectivity index (χ4v) is 3.53. The van der Waals surface area contributed by atoms with E-state index >= 15 is 0 Å². The molecule has 0 aliphatic carbocycles.